The molecule has 0 bridgehead atoms. The van der Waals surface area contributed by atoms with Crippen LogP contribution in [0.3, 0.4) is 0 Å². The molecule has 1 aromatic carbocycles. The molecule has 1 N–H and O–H groups in total. The summed E-state index contributed by atoms with van der Waals surface area (Å²) in [6, 6.07) is 7.31. The predicted molar refractivity (Wildman–Crippen MR) is 75.3 cm³/mol. The summed E-state index contributed by atoms with van der Waals surface area (Å²) < 4.78 is 5.19. The van der Waals surface area contributed by atoms with Crippen molar-refractivity contribution in [3.63, 3.8) is 0 Å². The zero-order valence-corrected chi connectivity index (χ0v) is 11.9. The summed E-state index contributed by atoms with van der Waals surface area (Å²) in [6.07, 6.45) is 2.78. The van der Waals surface area contributed by atoms with E-state index in [0.717, 1.165) is 18.4 Å². The van der Waals surface area contributed by atoms with Gasteiger partial charge in [0.25, 0.3) is 0 Å². The summed E-state index contributed by atoms with van der Waals surface area (Å²) in [5, 5.41) is 2.68. The first-order valence-corrected chi connectivity index (χ1v) is 6.54. The lowest BCUT2D eigenvalue weighted by Crippen LogP contribution is -2.27. The summed E-state index contributed by atoms with van der Waals surface area (Å²) in [4.78, 5) is 26.1. The number of isocyanates is 1. The Kier molecular flexibility index (Phi) is 3.64. The highest BCUT2D eigenvalue weighted by molar-refractivity contribution is 5.85. The maximum Gasteiger partial charge on any atom is 0.412 e. The Morgan fingerprint density at radius 2 is 2.10 bits per heavy atom. The fraction of sp³-hybridized carbons (Fsp3) is 0.467. The second-order valence-corrected chi connectivity index (χ2v) is 5.94. The molecule has 0 spiro atoms. The fourth-order valence-electron chi connectivity index (χ4n) is 1.98. The van der Waals surface area contributed by atoms with Crippen LogP contribution in [0, 0.1) is 0 Å². The van der Waals surface area contributed by atoms with Gasteiger partial charge in [0.15, 0.2) is 0 Å². The first kappa shape index (κ1) is 14.3. The van der Waals surface area contributed by atoms with Gasteiger partial charge < -0.3 is 4.74 Å². The minimum absolute atomic E-state index is 0.437. The molecular formula is C15H18N2O3. The molecule has 0 atom stereocenters. The van der Waals surface area contributed by atoms with E-state index in [9.17, 15) is 9.59 Å². The maximum absolute atomic E-state index is 11.7. The van der Waals surface area contributed by atoms with E-state index in [0.29, 0.717) is 5.69 Å². The number of nitrogens with zero attached hydrogens (tertiary/aromatic N) is 1. The van der Waals surface area contributed by atoms with Crippen LogP contribution >= 0.6 is 0 Å². The Labute approximate surface area is 118 Å². The molecule has 1 aliphatic carbocycles. The lowest BCUT2D eigenvalue weighted by atomic mass is 10.1. The minimum atomic E-state index is -0.540. The largest absolute Gasteiger partial charge is 0.444 e. The van der Waals surface area contributed by atoms with Gasteiger partial charge in [0.2, 0.25) is 6.08 Å². The van der Waals surface area contributed by atoms with Crippen molar-refractivity contribution in [3.05, 3.63) is 29.8 Å². The number of carbonyl (C=O) groups excluding carboxylic acids is 2. The van der Waals surface area contributed by atoms with Gasteiger partial charge in [0.05, 0.1) is 5.54 Å². The van der Waals surface area contributed by atoms with Crippen LogP contribution in [0.4, 0.5) is 10.5 Å². The third-order valence-electron chi connectivity index (χ3n) is 3.03. The van der Waals surface area contributed by atoms with Crippen molar-refractivity contribution in [2.24, 2.45) is 4.99 Å². The van der Waals surface area contributed by atoms with E-state index in [2.05, 4.69) is 10.3 Å². The number of aliphatic imine (C=N–C) groups is 1. The highest BCUT2D eigenvalue weighted by Crippen LogP contribution is 2.49. The third-order valence-corrected chi connectivity index (χ3v) is 3.03. The van der Waals surface area contributed by atoms with Crippen LogP contribution in [-0.4, -0.2) is 17.8 Å². The van der Waals surface area contributed by atoms with E-state index in [1.54, 1.807) is 32.9 Å². The Hall–Kier alpha value is -2.13. The van der Waals surface area contributed by atoms with Crippen LogP contribution in [0.5, 0.6) is 0 Å². The SMILES string of the molecule is CC(C)(C)OC(=O)Nc1cccc(C2(N=C=O)CC2)c1. The molecule has 0 saturated heterocycles. The van der Waals surface area contributed by atoms with Crippen LogP contribution in [0.25, 0.3) is 0 Å². The summed E-state index contributed by atoms with van der Waals surface area (Å²) in [6.45, 7) is 5.42. The number of ether oxygens (including phenoxy) is 1. The van der Waals surface area contributed by atoms with Gasteiger partial charge in [-0.15, -0.1) is 0 Å². The zero-order chi connectivity index (χ0) is 14.8. The molecule has 2 rings (SSSR count). The molecule has 0 radical (unpaired) electrons. The van der Waals surface area contributed by atoms with Crippen molar-refractivity contribution < 1.29 is 14.3 Å². The van der Waals surface area contributed by atoms with E-state index >= 15 is 0 Å². The van der Waals surface area contributed by atoms with Crippen molar-refractivity contribution in [1.82, 2.24) is 0 Å². The van der Waals surface area contributed by atoms with Gasteiger partial charge in [-0.1, -0.05) is 12.1 Å². The minimum Gasteiger partial charge on any atom is -0.444 e. The number of benzene rings is 1. The highest BCUT2D eigenvalue weighted by Gasteiger charge is 2.44. The lowest BCUT2D eigenvalue weighted by Gasteiger charge is -2.20. The zero-order valence-electron chi connectivity index (χ0n) is 11.9. The molecule has 1 amide bonds. The number of carbonyl (C=O) groups is 1. The van der Waals surface area contributed by atoms with Crippen LogP contribution in [0.1, 0.15) is 39.2 Å². The molecule has 0 aromatic heterocycles. The lowest BCUT2D eigenvalue weighted by molar-refractivity contribution is 0.0636. The molecule has 0 aliphatic heterocycles. The number of hydrogen-bond acceptors (Lipinski definition) is 4. The molecule has 1 aromatic rings. The van der Waals surface area contributed by atoms with Crippen molar-refractivity contribution in [2.75, 3.05) is 5.32 Å². The van der Waals surface area contributed by atoms with Crippen LogP contribution in [0.2, 0.25) is 0 Å². The predicted octanol–water partition coefficient (Wildman–Crippen LogP) is 3.36. The van der Waals surface area contributed by atoms with Gasteiger partial charge in [-0.3, -0.25) is 5.32 Å². The summed E-state index contributed by atoms with van der Waals surface area (Å²) in [5.74, 6) is 0. The highest BCUT2D eigenvalue weighted by atomic mass is 16.6. The summed E-state index contributed by atoms with van der Waals surface area (Å²) in [7, 11) is 0. The van der Waals surface area contributed by atoms with Gasteiger partial charge in [-0.25, -0.2) is 9.59 Å². The smallest absolute Gasteiger partial charge is 0.412 e. The van der Waals surface area contributed by atoms with Gasteiger partial charge in [0.1, 0.15) is 5.60 Å². The average molecular weight is 274 g/mol. The van der Waals surface area contributed by atoms with Crippen molar-refractivity contribution in [3.8, 4) is 0 Å². The van der Waals surface area contributed by atoms with E-state index < -0.39 is 17.2 Å². The second kappa shape index (κ2) is 5.10. The monoisotopic (exact) mass is 274 g/mol. The molecule has 1 saturated carbocycles. The number of amides is 1. The number of hydrogen-bond donors (Lipinski definition) is 1. The van der Waals surface area contributed by atoms with Gasteiger partial charge in [-0.2, -0.15) is 4.99 Å². The fourth-order valence-corrected chi connectivity index (χ4v) is 1.98. The molecule has 0 unspecified atom stereocenters. The van der Waals surface area contributed by atoms with Gasteiger partial charge in [0, 0.05) is 5.69 Å². The molecule has 0 heterocycles. The van der Waals surface area contributed by atoms with Crippen LogP contribution in [-0.2, 0) is 15.1 Å². The molecule has 1 fully saturated rings. The van der Waals surface area contributed by atoms with E-state index in [4.69, 9.17) is 4.74 Å². The third kappa shape index (κ3) is 3.45. The maximum atomic E-state index is 11.7. The van der Waals surface area contributed by atoms with E-state index in [1.807, 2.05) is 18.2 Å². The standard InChI is InChI=1S/C15H18N2O3/c1-14(2,3)20-13(19)17-12-6-4-5-11(9-12)15(7-8-15)16-10-18/h4-6,9H,7-8H2,1-3H3,(H,17,19). The van der Waals surface area contributed by atoms with Crippen molar-refractivity contribution in [2.45, 2.75) is 44.8 Å². The molecule has 106 valence electrons. The molecule has 1 aliphatic rings. The summed E-state index contributed by atoms with van der Waals surface area (Å²) >= 11 is 0. The average Bonchev–Trinajstić information content (AvgIpc) is 3.08. The van der Waals surface area contributed by atoms with Crippen molar-refractivity contribution >= 4 is 17.9 Å². The Balaban J connectivity index is 2.11. The van der Waals surface area contributed by atoms with Crippen molar-refractivity contribution in [1.29, 1.82) is 0 Å². The first-order chi connectivity index (χ1) is 9.35. The number of rotatable bonds is 3. The molecular weight excluding hydrogens is 256 g/mol. The van der Waals surface area contributed by atoms with Crippen LogP contribution < -0.4 is 5.32 Å². The Morgan fingerprint density at radius 3 is 2.65 bits per heavy atom. The van der Waals surface area contributed by atoms with Gasteiger partial charge >= 0.3 is 6.09 Å². The second-order valence-electron chi connectivity index (χ2n) is 5.94. The molecule has 20 heavy (non-hydrogen) atoms. The molecule has 5 heteroatoms. The Morgan fingerprint density at radius 1 is 1.40 bits per heavy atom. The quantitative estimate of drug-likeness (QED) is 0.678. The van der Waals surface area contributed by atoms with E-state index in [-0.39, 0.29) is 0 Å². The summed E-state index contributed by atoms with van der Waals surface area (Å²) in [5.41, 5.74) is 0.563. The van der Waals surface area contributed by atoms with Gasteiger partial charge in [-0.05, 0) is 51.3 Å². The topological polar surface area (TPSA) is 67.8 Å². The van der Waals surface area contributed by atoms with E-state index in [1.165, 1.54) is 0 Å². The number of anilines is 1. The number of nitrogens with one attached hydrogen (secondary N) is 1. The molecule has 5 nitrogen and oxygen atoms in total. The van der Waals surface area contributed by atoms with Crippen LogP contribution in [0.15, 0.2) is 29.3 Å². The normalized spacial score (nSPS) is 15.9. The Bertz CT molecular complexity index is 565. The first-order valence-electron chi connectivity index (χ1n) is 6.54.